The second kappa shape index (κ2) is 11.3. The molecule has 0 aliphatic rings. The fourth-order valence-corrected chi connectivity index (χ4v) is 8.98. The maximum absolute atomic E-state index is 12.8. The van der Waals surface area contributed by atoms with Crippen molar-refractivity contribution in [3.05, 3.63) is 107 Å². The van der Waals surface area contributed by atoms with Crippen molar-refractivity contribution in [2.75, 3.05) is 17.2 Å². The average Bonchev–Trinajstić information content (AvgIpc) is 3.35. The van der Waals surface area contributed by atoms with Crippen molar-refractivity contribution >= 4 is 60.0 Å². The Labute approximate surface area is 224 Å². The molecule has 12 heteroatoms. The number of urea groups is 1. The summed E-state index contributed by atoms with van der Waals surface area (Å²) in [4.78, 5) is 37.6. The van der Waals surface area contributed by atoms with Crippen LogP contribution in [0.1, 0.15) is 5.69 Å². The summed E-state index contributed by atoms with van der Waals surface area (Å²) in [7, 11) is 0. The number of amides is 2. The number of rotatable bonds is 8. The summed E-state index contributed by atoms with van der Waals surface area (Å²) in [6.07, 6.45) is 0.236. The van der Waals surface area contributed by atoms with Crippen molar-refractivity contribution < 1.29 is 14.9 Å². The molecule has 0 bridgehead atoms. The molecular formula is C26H23N6O4PSe. The number of nitrogens with one attached hydrogen (secondary N) is 3. The topological polar surface area (TPSA) is 134 Å². The third-order valence-corrected chi connectivity index (χ3v) is 12.8. The molecule has 0 radical (unpaired) electrons. The van der Waals surface area contributed by atoms with Crippen LogP contribution in [-0.2, 0) is 11.3 Å². The van der Waals surface area contributed by atoms with Gasteiger partial charge in [0.15, 0.2) is 0 Å². The Hall–Kier alpha value is -3.85. The molecule has 0 saturated heterocycles. The van der Waals surface area contributed by atoms with E-state index in [1.54, 1.807) is 0 Å². The summed E-state index contributed by atoms with van der Waals surface area (Å²) < 4.78 is 1.12. The van der Waals surface area contributed by atoms with Crippen LogP contribution in [0, 0.1) is 0 Å². The van der Waals surface area contributed by atoms with E-state index in [4.69, 9.17) is 5.26 Å². The quantitative estimate of drug-likeness (QED) is 0.0946. The second-order valence-corrected chi connectivity index (χ2v) is 14.5. The van der Waals surface area contributed by atoms with Crippen molar-refractivity contribution in [2.45, 2.75) is 6.42 Å². The minimum absolute atomic E-state index is 0.00670. The molecule has 3 aromatic carbocycles. The van der Waals surface area contributed by atoms with Gasteiger partial charge in [-0.15, -0.1) is 0 Å². The van der Waals surface area contributed by atoms with Crippen LogP contribution in [0.15, 0.2) is 95.8 Å². The molecule has 5 aromatic rings. The van der Waals surface area contributed by atoms with E-state index in [-0.39, 0.29) is 24.8 Å². The number of benzene rings is 3. The Kier molecular flexibility index (Phi) is 7.64. The van der Waals surface area contributed by atoms with Crippen molar-refractivity contribution in [3.8, 4) is 0 Å². The van der Waals surface area contributed by atoms with E-state index in [9.17, 15) is 9.59 Å². The number of carbonyl (C=O) groups excluding carboxylic acids is 1. The fraction of sp³-hybridized carbons (Fsp3) is 0.0769. The van der Waals surface area contributed by atoms with Crippen molar-refractivity contribution in [2.24, 2.45) is 0 Å². The normalized spacial score (nSPS) is 11.4. The number of anilines is 2. The monoisotopic (exact) mass is 594 g/mol. The number of carbonyl (C=O) groups is 1. The summed E-state index contributed by atoms with van der Waals surface area (Å²) in [5, 5.41) is 20.1. The van der Waals surface area contributed by atoms with Crippen LogP contribution >= 0.6 is 5.51 Å². The van der Waals surface area contributed by atoms with Gasteiger partial charge in [0, 0.05) is 6.42 Å². The Bertz CT molecular complexity index is 1650. The first-order valence-electron chi connectivity index (χ1n) is 11.6. The van der Waals surface area contributed by atoms with E-state index in [0.717, 1.165) is 9.82 Å². The zero-order valence-corrected chi connectivity index (χ0v) is 22.6. The Balaban J connectivity index is 1.39. The molecule has 0 atom stereocenters. The molecule has 2 amide bonds. The first-order valence-corrected chi connectivity index (χ1v) is 15.6. The van der Waals surface area contributed by atoms with Gasteiger partial charge in [0.25, 0.3) is 0 Å². The van der Waals surface area contributed by atoms with Crippen LogP contribution in [-0.4, -0.2) is 52.6 Å². The van der Waals surface area contributed by atoms with E-state index < -0.39 is 17.1 Å². The number of hydrogen-bond donors (Lipinski definition) is 4. The van der Waals surface area contributed by atoms with Crippen LogP contribution in [0.25, 0.3) is 5.78 Å². The predicted molar refractivity (Wildman–Crippen MR) is 149 cm³/mol. The number of nitrogens with zero attached hydrogens (tertiary/aromatic N) is 3. The average molecular weight is 593 g/mol. The summed E-state index contributed by atoms with van der Waals surface area (Å²) >= 11 is 3.50. The molecular weight excluding hydrogens is 570 g/mol. The summed E-state index contributed by atoms with van der Waals surface area (Å²) in [6, 6.07) is 29.0. The second-order valence-electron chi connectivity index (χ2n) is 8.29. The van der Waals surface area contributed by atoms with Crippen LogP contribution in [0.3, 0.4) is 0 Å². The molecule has 0 aliphatic carbocycles. The fourth-order valence-electron chi connectivity index (χ4n) is 4.03. The molecule has 2 heterocycles. The summed E-state index contributed by atoms with van der Waals surface area (Å²) in [5.41, 5.74) is -1.49. The van der Waals surface area contributed by atoms with E-state index in [1.807, 2.05) is 54.6 Å². The Morgan fingerprint density at radius 3 is 2.24 bits per heavy atom. The molecule has 0 unspecified atom stereocenters. The Morgan fingerprint density at radius 1 is 0.921 bits per heavy atom. The SMILES string of the molecule is O=C(Nc1cccc(P(=[Se])(c2ccccc2)c2ccccc2)c1)Nc1nc2nc(CCOO)cc(=O)n2[nH]1. The standard InChI is InChI=1S/C26H23N6O4PSe/c33-23-17-19(14-15-36-35)27-25-29-24(31-32(23)25)30-26(34)28-18-8-7-13-22(16-18)37(38,20-9-3-1-4-10-20)21-11-5-2-6-12-21/h1-13,16-17,35H,14-15H2,(H3,27,28,29,30,31,34). The maximum atomic E-state index is 12.8. The van der Waals surface area contributed by atoms with E-state index in [1.165, 1.54) is 16.7 Å². The third-order valence-electron chi connectivity index (χ3n) is 5.77. The molecule has 0 saturated carbocycles. The van der Waals surface area contributed by atoms with E-state index in [0.29, 0.717) is 11.4 Å². The molecule has 0 fully saturated rings. The van der Waals surface area contributed by atoms with Gasteiger partial charge < -0.3 is 0 Å². The number of fused-ring (bicyclic) bond motifs is 1. The van der Waals surface area contributed by atoms with Crippen LogP contribution in [0.4, 0.5) is 16.4 Å². The van der Waals surface area contributed by atoms with Gasteiger partial charge in [0.05, 0.1) is 6.61 Å². The third kappa shape index (κ3) is 5.38. The van der Waals surface area contributed by atoms with Gasteiger partial charge in [-0.2, -0.15) is 0 Å². The van der Waals surface area contributed by atoms with Crippen molar-refractivity contribution in [3.63, 3.8) is 0 Å². The molecule has 0 aliphatic heterocycles. The van der Waals surface area contributed by atoms with Gasteiger partial charge >= 0.3 is 202 Å². The van der Waals surface area contributed by atoms with Gasteiger partial charge in [0.1, 0.15) is 0 Å². The van der Waals surface area contributed by atoms with Gasteiger partial charge in [-0.1, -0.05) is 0 Å². The first kappa shape index (κ1) is 25.8. The molecule has 38 heavy (non-hydrogen) atoms. The zero-order chi connectivity index (χ0) is 26.5. The summed E-state index contributed by atoms with van der Waals surface area (Å²) in [5.74, 6) is 0.141. The van der Waals surface area contributed by atoms with Gasteiger partial charge in [-0.25, -0.2) is 4.89 Å². The molecule has 4 N–H and O–H groups in total. The Morgan fingerprint density at radius 2 is 1.58 bits per heavy atom. The number of hydrogen-bond acceptors (Lipinski definition) is 6. The number of aromatic amines is 1. The van der Waals surface area contributed by atoms with Crippen LogP contribution in [0.2, 0.25) is 0 Å². The summed E-state index contributed by atoms with van der Waals surface area (Å²) in [6.45, 7) is -0.00670. The van der Waals surface area contributed by atoms with E-state index >= 15 is 0 Å². The molecule has 2 aromatic heterocycles. The van der Waals surface area contributed by atoms with Gasteiger partial charge in [0.2, 0.25) is 0 Å². The molecule has 0 spiro atoms. The predicted octanol–water partition coefficient (Wildman–Crippen LogP) is 2.47. The van der Waals surface area contributed by atoms with Crippen molar-refractivity contribution in [1.82, 2.24) is 19.6 Å². The van der Waals surface area contributed by atoms with Gasteiger partial charge in [-0.3, -0.25) is 5.26 Å². The minimum atomic E-state index is -2.09. The van der Waals surface area contributed by atoms with Crippen LogP contribution in [0.5, 0.6) is 0 Å². The zero-order valence-electron chi connectivity index (χ0n) is 19.9. The number of H-pyrrole nitrogens is 1. The van der Waals surface area contributed by atoms with Gasteiger partial charge in [-0.05, 0) is 0 Å². The number of aromatic nitrogens is 4. The first-order chi connectivity index (χ1) is 18.5. The molecule has 192 valence electrons. The van der Waals surface area contributed by atoms with Crippen LogP contribution < -0.4 is 32.1 Å². The van der Waals surface area contributed by atoms with Crippen molar-refractivity contribution in [1.29, 1.82) is 0 Å². The van der Waals surface area contributed by atoms with E-state index in [2.05, 4.69) is 76.0 Å². The molecule has 10 nitrogen and oxygen atoms in total. The molecule has 5 rings (SSSR count).